The number of nitrogens with two attached hydrogens (primary N) is 2. The number of benzene rings is 2. The van der Waals surface area contributed by atoms with Gasteiger partial charge in [-0.25, -0.2) is 0 Å². The molecule has 4 N–H and O–H groups in total. The van der Waals surface area contributed by atoms with Gasteiger partial charge in [-0.3, -0.25) is 4.79 Å². The molecular formula is C14H11BrCl2N2O2. The first-order chi connectivity index (χ1) is 9.88. The predicted molar refractivity (Wildman–Crippen MR) is 87.9 cm³/mol. The Labute approximate surface area is 140 Å². The van der Waals surface area contributed by atoms with Crippen molar-refractivity contribution < 1.29 is 9.53 Å². The molecule has 2 rings (SSSR count). The average Bonchev–Trinajstić information content (AvgIpc) is 2.38. The number of halogens is 3. The third-order valence-electron chi connectivity index (χ3n) is 2.75. The standard InChI is InChI=1S/C14H11BrCl2N2O2/c15-10-4-9(16)5-12(18)13(10)21-6-8-2-1-7(14(19)20)3-11(8)17/h1-5H,6,18H2,(H2,19,20). The van der Waals surface area contributed by atoms with Crippen LogP contribution in [0.3, 0.4) is 0 Å². The Morgan fingerprint density at radius 3 is 2.52 bits per heavy atom. The summed E-state index contributed by atoms with van der Waals surface area (Å²) >= 11 is 15.3. The van der Waals surface area contributed by atoms with Gasteiger partial charge in [0.1, 0.15) is 6.61 Å². The molecule has 0 unspecified atom stereocenters. The van der Waals surface area contributed by atoms with Gasteiger partial charge in [0.15, 0.2) is 5.75 Å². The van der Waals surface area contributed by atoms with Crippen molar-refractivity contribution in [3.05, 3.63) is 56.0 Å². The number of primary amides is 1. The number of nitrogen functional groups attached to an aromatic ring is 1. The molecule has 0 saturated heterocycles. The second-order valence-electron chi connectivity index (χ2n) is 4.27. The zero-order chi connectivity index (χ0) is 15.6. The fourth-order valence-electron chi connectivity index (χ4n) is 1.70. The van der Waals surface area contributed by atoms with Crippen molar-refractivity contribution >= 4 is 50.7 Å². The second kappa shape index (κ2) is 6.56. The number of ether oxygens (including phenoxy) is 1. The van der Waals surface area contributed by atoms with Gasteiger partial charge in [-0.1, -0.05) is 29.3 Å². The Balaban J connectivity index is 2.19. The Morgan fingerprint density at radius 1 is 1.24 bits per heavy atom. The highest BCUT2D eigenvalue weighted by molar-refractivity contribution is 9.10. The van der Waals surface area contributed by atoms with E-state index in [1.165, 1.54) is 6.07 Å². The van der Waals surface area contributed by atoms with Crippen molar-refractivity contribution in [2.75, 3.05) is 5.73 Å². The van der Waals surface area contributed by atoms with Gasteiger partial charge >= 0.3 is 0 Å². The molecule has 0 bridgehead atoms. The molecule has 0 spiro atoms. The Kier molecular flexibility index (Phi) is 4.98. The maximum absolute atomic E-state index is 11.1. The molecular weight excluding hydrogens is 379 g/mol. The van der Waals surface area contributed by atoms with Gasteiger partial charge in [0, 0.05) is 21.2 Å². The Hall–Kier alpha value is -1.43. The number of rotatable bonds is 4. The van der Waals surface area contributed by atoms with Gasteiger partial charge in [0.2, 0.25) is 5.91 Å². The van der Waals surface area contributed by atoms with Gasteiger partial charge in [-0.15, -0.1) is 0 Å². The van der Waals surface area contributed by atoms with Crippen LogP contribution in [-0.2, 0) is 6.61 Å². The van der Waals surface area contributed by atoms with Crippen LogP contribution in [0.15, 0.2) is 34.8 Å². The molecule has 7 heteroatoms. The normalized spacial score (nSPS) is 10.4. The maximum atomic E-state index is 11.1. The number of amides is 1. The van der Waals surface area contributed by atoms with Crippen molar-refractivity contribution in [2.45, 2.75) is 6.61 Å². The van der Waals surface area contributed by atoms with Gasteiger partial charge in [0.25, 0.3) is 0 Å². The SMILES string of the molecule is NC(=O)c1ccc(COc2c(N)cc(Cl)cc2Br)c(Cl)c1. The summed E-state index contributed by atoms with van der Waals surface area (Å²) in [6.07, 6.45) is 0. The van der Waals surface area contributed by atoms with Gasteiger partial charge < -0.3 is 16.2 Å². The van der Waals surface area contributed by atoms with Crippen LogP contribution in [0.4, 0.5) is 5.69 Å². The minimum absolute atomic E-state index is 0.197. The van der Waals surface area contributed by atoms with Crippen molar-refractivity contribution in [2.24, 2.45) is 5.73 Å². The summed E-state index contributed by atoms with van der Waals surface area (Å²) in [7, 11) is 0. The van der Waals surface area contributed by atoms with Gasteiger partial charge in [-0.05, 0) is 40.2 Å². The highest BCUT2D eigenvalue weighted by Crippen LogP contribution is 2.35. The Morgan fingerprint density at radius 2 is 1.95 bits per heavy atom. The molecule has 0 saturated carbocycles. The monoisotopic (exact) mass is 388 g/mol. The lowest BCUT2D eigenvalue weighted by atomic mass is 10.1. The second-order valence-corrected chi connectivity index (χ2v) is 5.96. The van der Waals surface area contributed by atoms with Crippen LogP contribution < -0.4 is 16.2 Å². The lowest BCUT2D eigenvalue weighted by Gasteiger charge is -2.12. The summed E-state index contributed by atoms with van der Waals surface area (Å²) in [4.78, 5) is 11.1. The number of hydrogen-bond donors (Lipinski definition) is 2. The minimum atomic E-state index is -0.533. The fourth-order valence-corrected chi connectivity index (χ4v) is 2.88. The molecule has 0 radical (unpaired) electrons. The summed E-state index contributed by atoms with van der Waals surface area (Å²) < 4.78 is 6.31. The molecule has 0 aliphatic rings. The van der Waals surface area contributed by atoms with E-state index in [0.717, 1.165) is 0 Å². The van der Waals surface area contributed by atoms with E-state index >= 15 is 0 Å². The molecule has 110 valence electrons. The van der Waals surface area contributed by atoms with Crippen LogP contribution in [0.5, 0.6) is 5.75 Å². The third kappa shape index (κ3) is 3.81. The van der Waals surface area contributed by atoms with Crippen molar-refractivity contribution in [1.29, 1.82) is 0 Å². The molecule has 1 amide bonds. The van der Waals surface area contributed by atoms with E-state index in [1.54, 1.807) is 24.3 Å². The van der Waals surface area contributed by atoms with Gasteiger partial charge in [-0.2, -0.15) is 0 Å². The largest absolute Gasteiger partial charge is 0.485 e. The van der Waals surface area contributed by atoms with Crippen LogP contribution in [0.2, 0.25) is 10.0 Å². The molecule has 2 aromatic rings. The molecule has 0 aromatic heterocycles. The first-order valence-electron chi connectivity index (χ1n) is 5.84. The van der Waals surface area contributed by atoms with E-state index in [9.17, 15) is 4.79 Å². The van der Waals surface area contributed by atoms with Crippen LogP contribution in [-0.4, -0.2) is 5.91 Å². The zero-order valence-corrected chi connectivity index (χ0v) is 13.8. The smallest absolute Gasteiger partial charge is 0.248 e. The molecule has 21 heavy (non-hydrogen) atoms. The summed E-state index contributed by atoms with van der Waals surface area (Å²) in [6.45, 7) is 0.197. The van der Waals surface area contributed by atoms with Crippen LogP contribution in [0.1, 0.15) is 15.9 Å². The first kappa shape index (κ1) is 15.9. The van der Waals surface area contributed by atoms with Crippen molar-refractivity contribution in [3.8, 4) is 5.75 Å². The Bertz CT molecular complexity index is 684. The number of anilines is 1. The van der Waals surface area contributed by atoms with Crippen LogP contribution in [0.25, 0.3) is 0 Å². The van der Waals surface area contributed by atoms with Gasteiger partial charge in [0.05, 0.1) is 10.2 Å². The highest BCUT2D eigenvalue weighted by Gasteiger charge is 2.10. The molecule has 0 heterocycles. The number of carbonyl (C=O) groups excluding carboxylic acids is 1. The van der Waals surface area contributed by atoms with Crippen molar-refractivity contribution in [3.63, 3.8) is 0 Å². The summed E-state index contributed by atoms with van der Waals surface area (Å²) in [5, 5.41) is 0.908. The van der Waals surface area contributed by atoms with E-state index in [-0.39, 0.29) is 6.61 Å². The van der Waals surface area contributed by atoms with Crippen LogP contribution >= 0.6 is 39.1 Å². The summed E-state index contributed by atoms with van der Waals surface area (Å²) in [5.74, 6) is -0.0523. The molecule has 0 atom stereocenters. The quantitative estimate of drug-likeness (QED) is 0.775. The zero-order valence-electron chi connectivity index (χ0n) is 10.7. The van der Waals surface area contributed by atoms with E-state index in [0.29, 0.717) is 37.1 Å². The van der Waals surface area contributed by atoms with Crippen LogP contribution in [0, 0.1) is 0 Å². The van der Waals surface area contributed by atoms with E-state index in [1.807, 2.05) is 0 Å². The van der Waals surface area contributed by atoms with E-state index < -0.39 is 5.91 Å². The minimum Gasteiger partial charge on any atom is -0.485 e. The molecule has 0 aliphatic carbocycles. The molecule has 4 nitrogen and oxygen atoms in total. The average molecular weight is 390 g/mol. The lowest BCUT2D eigenvalue weighted by molar-refractivity contribution is 0.1000. The van der Waals surface area contributed by atoms with E-state index in [4.69, 9.17) is 39.4 Å². The molecule has 0 aliphatic heterocycles. The molecule has 2 aromatic carbocycles. The predicted octanol–water partition coefficient (Wildman–Crippen LogP) is 4.02. The first-order valence-corrected chi connectivity index (χ1v) is 7.39. The molecule has 0 fully saturated rings. The topological polar surface area (TPSA) is 78.3 Å². The summed E-state index contributed by atoms with van der Waals surface area (Å²) in [5.41, 5.74) is 12.5. The highest BCUT2D eigenvalue weighted by atomic mass is 79.9. The maximum Gasteiger partial charge on any atom is 0.248 e. The van der Waals surface area contributed by atoms with E-state index in [2.05, 4.69) is 15.9 Å². The summed E-state index contributed by atoms with van der Waals surface area (Å²) in [6, 6.07) is 8.06. The lowest BCUT2D eigenvalue weighted by Crippen LogP contribution is -2.11. The third-order valence-corrected chi connectivity index (χ3v) is 3.91. The fraction of sp³-hybridized carbons (Fsp3) is 0.0714. The number of carbonyl (C=O) groups is 1. The number of hydrogen-bond acceptors (Lipinski definition) is 3. The van der Waals surface area contributed by atoms with Crippen molar-refractivity contribution in [1.82, 2.24) is 0 Å².